The van der Waals surface area contributed by atoms with Gasteiger partial charge in [-0.3, -0.25) is 0 Å². The number of nitrogens with one attached hydrogen (secondary N) is 1. The molecule has 108 valence electrons. The maximum Gasteiger partial charge on any atom is 0.335 e. The third-order valence-corrected chi connectivity index (χ3v) is 3.45. The third kappa shape index (κ3) is 3.48. The van der Waals surface area contributed by atoms with Crippen molar-refractivity contribution in [1.82, 2.24) is 4.90 Å². The third-order valence-electron chi connectivity index (χ3n) is 3.45. The van der Waals surface area contributed by atoms with Crippen molar-refractivity contribution < 1.29 is 19.8 Å². The number of hydrogen-bond donors (Lipinski definition) is 3. The number of amides is 2. The first-order valence-electron chi connectivity index (χ1n) is 6.49. The zero-order chi connectivity index (χ0) is 14.7. The van der Waals surface area contributed by atoms with Crippen molar-refractivity contribution in [3.63, 3.8) is 0 Å². The van der Waals surface area contributed by atoms with Crippen molar-refractivity contribution in [1.29, 1.82) is 0 Å². The summed E-state index contributed by atoms with van der Waals surface area (Å²) in [6, 6.07) is 5.83. The van der Waals surface area contributed by atoms with Crippen LogP contribution in [0.25, 0.3) is 0 Å². The molecule has 20 heavy (non-hydrogen) atoms. The summed E-state index contributed by atoms with van der Waals surface area (Å²) in [5, 5.41) is 20.8. The van der Waals surface area contributed by atoms with Gasteiger partial charge in [-0.05, 0) is 37.0 Å². The molecule has 1 fully saturated rings. The van der Waals surface area contributed by atoms with Gasteiger partial charge in [0.2, 0.25) is 0 Å². The van der Waals surface area contributed by atoms with Crippen molar-refractivity contribution in [3.8, 4) is 0 Å². The van der Waals surface area contributed by atoms with E-state index in [0.717, 1.165) is 12.8 Å². The van der Waals surface area contributed by atoms with Crippen molar-refractivity contribution in [3.05, 3.63) is 29.8 Å². The van der Waals surface area contributed by atoms with Gasteiger partial charge in [0.05, 0.1) is 11.7 Å². The van der Waals surface area contributed by atoms with Gasteiger partial charge in [0.1, 0.15) is 0 Å². The van der Waals surface area contributed by atoms with E-state index >= 15 is 0 Å². The second-order valence-corrected chi connectivity index (χ2v) is 5.19. The van der Waals surface area contributed by atoms with E-state index in [1.165, 1.54) is 12.1 Å². The average molecular weight is 278 g/mol. The second-order valence-electron chi connectivity index (χ2n) is 5.19. The number of nitrogens with zero attached hydrogens (tertiary/aromatic N) is 1. The highest BCUT2D eigenvalue weighted by Gasteiger charge is 2.29. The van der Waals surface area contributed by atoms with Crippen LogP contribution in [0.2, 0.25) is 0 Å². The Morgan fingerprint density at radius 3 is 2.70 bits per heavy atom. The molecular formula is C14H18N2O4. The standard InChI is InChI=1S/C14H18N2O4/c1-16(8-9-5-12(17)6-9)14(20)15-11-4-2-3-10(7-11)13(18)19/h2-4,7,9,12,17H,5-6,8H2,1H3,(H,15,20)(H,18,19). The molecule has 6 heteroatoms. The first-order chi connectivity index (χ1) is 9.45. The predicted molar refractivity (Wildman–Crippen MR) is 73.8 cm³/mol. The van der Waals surface area contributed by atoms with Crippen LogP contribution in [0.3, 0.4) is 0 Å². The summed E-state index contributed by atoms with van der Waals surface area (Å²) in [5.74, 6) is -0.691. The van der Waals surface area contributed by atoms with Crippen molar-refractivity contribution >= 4 is 17.7 Å². The Hall–Kier alpha value is -2.08. The minimum Gasteiger partial charge on any atom is -0.478 e. The number of rotatable bonds is 4. The van der Waals surface area contributed by atoms with Crippen molar-refractivity contribution in [2.75, 3.05) is 18.9 Å². The molecule has 1 saturated carbocycles. The van der Waals surface area contributed by atoms with E-state index in [9.17, 15) is 14.7 Å². The summed E-state index contributed by atoms with van der Waals surface area (Å²) in [6.07, 6.45) is 1.22. The summed E-state index contributed by atoms with van der Waals surface area (Å²) >= 11 is 0. The first kappa shape index (κ1) is 14.3. The van der Waals surface area contributed by atoms with Crippen LogP contribution in [-0.2, 0) is 0 Å². The molecule has 0 spiro atoms. The quantitative estimate of drug-likeness (QED) is 0.780. The monoisotopic (exact) mass is 278 g/mol. The number of carboxylic acids is 1. The number of aliphatic hydroxyl groups is 1. The number of hydrogen-bond acceptors (Lipinski definition) is 3. The van der Waals surface area contributed by atoms with Gasteiger partial charge in [0, 0.05) is 19.3 Å². The molecule has 2 amide bonds. The molecule has 2 rings (SSSR count). The normalized spacial score (nSPS) is 20.9. The van der Waals surface area contributed by atoms with Crippen LogP contribution in [0, 0.1) is 5.92 Å². The van der Waals surface area contributed by atoms with Crippen LogP contribution in [0.4, 0.5) is 10.5 Å². The highest BCUT2D eigenvalue weighted by molar-refractivity contribution is 5.93. The smallest absolute Gasteiger partial charge is 0.335 e. The molecule has 1 aliphatic rings. The summed E-state index contributed by atoms with van der Waals surface area (Å²) in [6.45, 7) is 0.585. The number of urea groups is 1. The maximum atomic E-state index is 12.0. The lowest BCUT2D eigenvalue weighted by Crippen LogP contribution is -2.41. The molecule has 1 aromatic rings. The number of anilines is 1. The van der Waals surface area contributed by atoms with Crippen LogP contribution in [-0.4, -0.2) is 46.8 Å². The summed E-state index contributed by atoms with van der Waals surface area (Å²) in [7, 11) is 1.68. The zero-order valence-electron chi connectivity index (χ0n) is 11.2. The van der Waals surface area contributed by atoms with Gasteiger partial charge >= 0.3 is 12.0 Å². The Morgan fingerprint density at radius 2 is 2.10 bits per heavy atom. The van der Waals surface area contributed by atoms with Crippen molar-refractivity contribution in [2.24, 2.45) is 5.92 Å². The van der Waals surface area contributed by atoms with Gasteiger partial charge in [-0.2, -0.15) is 0 Å². The number of benzene rings is 1. The van der Waals surface area contributed by atoms with E-state index in [-0.39, 0.29) is 17.7 Å². The molecule has 3 N–H and O–H groups in total. The van der Waals surface area contributed by atoms with Crippen LogP contribution in [0.5, 0.6) is 0 Å². The molecule has 0 heterocycles. The van der Waals surface area contributed by atoms with Gasteiger partial charge in [-0.15, -0.1) is 0 Å². The second kappa shape index (κ2) is 5.92. The van der Waals surface area contributed by atoms with Crippen LogP contribution >= 0.6 is 0 Å². The van der Waals surface area contributed by atoms with Gasteiger partial charge < -0.3 is 20.4 Å². The van der Waals surface area contributed by atoms with Gasteiger partial charge in [-0.1, -0.05) is 6.07 Å². The Balaban J connectivity index is 1.90. The molecule has 1 aliphatic carbocycles. The summed E-state index contributed by atoms with van der Waals surface area (Å²) in [4.78, 5) is 24.3. The van der Waals surface area contributed by atoms with Gasteiger partial charge in [0.15, 0.2) is 0 Å². The lowest BCUT2D eigenvalue weighted by molar-refractivity contribution is 0.0332. The van der Waals surface area contributed by atoms with E-state index in [1.807, 2.05) is 0 Å². The maximum absolute atomic E-state index is 12.0. The molecular weight excluding hydrogens is 260 g/mol. The van der Waals surface area contributed by atoms with Crippen LogP contribution < -0.4 is 5.32 Å². The molecule has 0 radical (unpaired) electrons. The predicted octanol–water partition coefficient (Wildman–Crippen LogP) is 1.62. The first-order valence-corrected chi connectivity index (χ1v) is 6.49. The van der Waals surface area contributed by atoms with Crippen LogP contribution in [0.15, 0.2) is 24.3 Å². The number of carbonyl (C=O) groups excluding carboxylic acids is 1. The number of aromatic carboxylic acids is 1. The molecule has 0 aromatic heterocycles. The molecule has 1 aromatic carbocycles. The SMILES string of the molecule is CN(CC1CC(O)C1)C(=O)Nc1cccc(C(=O)O)c1. The zero-order valence-corrected chi connectivity index (χ0v) is 11.2. The topological polar surface area (TPSA) is 89.9 Å². The fourth-order valence-electron chi connectivity index (χ4n) is 2.27. The van der Waals surface area contributed by atoms with E-state index in [0.29, 0.717) is 18.2 Å². The fraction of sp³-hybridized carbons (Fsp3) is 0.429. The number of carboxylic acid groups (broad SMARTS) is 1. The molecule has 0 atom stereocenters. The highest BCUT2D eigenvalue weighted by Crippen LogP contribution is 2.27. The Kier molecular flexibility index (Phi) is 4.24. The van der Waals surface area contributed by atoms with Crippen molar-refractivity contribution in [2.45, 2.75) is 18.9 Å². The Labute approximate surface area is 117 Å². The molecule has 6 nitrogen and oxygen atoms in total. The van der Waals surface area contributed by atoms with E-state index in [2.05, 4.69) is 5.32 Å². The number of aliphatic hydroxyl groups excluding tert-OH is 1. The van der Waals surface area contributed by atoms with Crippen LogP contribution in [0.1, 0.15) is 23.2 Å². The average Bonchev–Trinajstić information content (AvgIpc) is 2.37. The molecule has 0 aliphatic heterocycles. The minimum absolute atomic E-state index is 0.132. The number of carbonyl (C=O) groups is 2. The lowest BCUT2D eigenvalue weighted by Gasteiger charge is -2.34. The summed E-state index contributed by atoms with van der Waals surface area (Å²) in [5.41, 5.74) is 0.586. The Bertz CT molecular complexity index is 512. The summed E-state index contributed by atoms with van der Waals surface area (Å²) < 4.78 is 0. The van der Waals surface area contributed by atoms with E-state index in [1.54, 1.807) is 24.1 Å². The van der Waals surface area contributed by atoms with E-state index < -0.39 is 5.97 Å². The highest BCUT2D eigenvalue weighted by atomic mass is 16.4. The molecule has 0 bridgehead atoms. The van der Waals surface area contributed by atoms with E-state index in [4.69, 9.17) is 5.11 Å². The molecule has 0 unspecified atom stereocenters. The fourth-order valence-corrected chi connectivity index (χ4v) is 2.27. The Morgan fingerprint density at radius 1 is 1.40 bits per heavy atom. The lowest BCUT2D eigenvalue weighted by atomic mass is 9.82. The van der Waals surface area contributed by atoms with Gasteiger partial charge in [0.25, 0.3) is 0 Å². The minimum atomic E-state index is -1.03. The van der Waals surface area contributed by atoms with Gasteiger partial charge in [-0.25, -0.2) is 9.59 Å². The largest absolute Gasteiger partial charge is 0.478 e. The molecule has 0 saturated heterocycles.